The van der Waals surface area contributed by atoms with Crippen LogP contribution in [-0.4, -0.2) is 60.1 Å². The summed E-state index contributed by atoms with van der Waals surface area (Å²) in [6.45, 7) is 8.91. The maximum Gasteiger partial charge on any atom is 0.0224 e. The van der Waals surface area contributed by atoms with E-state index in [1.54, 1.807) is 0 Å². The first-order valence-electron chi connectivity index (χ1n) is 5.79. The van der Waals surface area contributed by atoms with Crippen LogP contribution in [0, 0.1) is 0 Å². The van der Waals surface area contributed by atoms with Crippen molar-refractivity contribution in [2.24, 2.45) is 0 Å². The van der Waals surface area contributed by atoms with Crippen molar-refractivity contribution in [1.82, 2.24) is 9.80 Å². The minimum Gasteiger partial charge on any atom is -0.299 e. The van der Waals surface area contributed by atoms with Crippen LogP contribution in [0.1, 0.15) is 19.8 Å². The molecule has 2 nitrogen and oxygen atoms in total. The van der Waals surface area contributed by atoms with Crippen molar-refractivity contribution in [1.29, 1.82) is 0 Å². The average molecular weight is 214 g/mol. The highest BCUT2D eigenvalue weighted by Gasteiger charge is 2.30. The molecule has 14 heavy (non-hydrogen) atoms. The molecular formula is C11H22N2S. The third-order valence-corrected chi connectivity index (χ3v) is 4.54. The van der Waals surface area contributed by atoms with Gasteiger partial charge in [-0.15, -0.1) is 0 Å². The van der Waals surface area contributed by atoms with Crippen LogP contribution in [-0.2, 0) is 0 Å². The number of piperazine rings is 1. The molecule has 2 rings (SSSR count). The van der Waals surface area contributed by atoms with E-state index in [4.69, 9.17) is 0 Å². The standard InChI is InChI=1S/C11H22N2S/c1-10(14-2)8-12-6-7-13-5-3-4-11(13)9-12/h10-11H,3-9H2,1-2H3. The van der Waals surface area contributed by atoms with Gasteiger partial charge in [-0.3, -0.25) is 9.80 Å². The molecular weight excluding hydrogens is 192 g/mol. The van der Waals surface area contributed by atoms with E-state index >= 15 is 0 Å². The monoisotopic (exact) mass is 214 g/mol. The van der Waals surface area contributed by atoms with Gasteiger partial charge in [-0.25, -0.2) is 0 Å². The van der Waals surface area contributed by atoms with E-state index < -0.39 is 0 Å². The molecule has 0 aromatic carbocycles. The first kappa shape index (κ1) is 10.8. The molecule has 0 amide bonds. The molecule has 0 N–H and O–H groups in total. The average Bonchev–Trinajstić information content (AvgIpc) is 2.64. The number of hydrogen-bond acceptors (Lipinski definition) is 3. The second-order valence-corrected chi connectivity index (χ2v) is 5.91. The van der Waals surface area contributed by atoms with Crippen LogP contribution in [0.5, 0.6) is 0 Å². The van der Waals surface area contributed by atoms with Gasteiger partial charge < -0.3 is 0 Å². The summed E-state index contributed by atoms with van der Waals surface area (Å²) < 4.78 is 0. The molecule has 2 atom stereocenters. The highest BCUT2D eigenvalue weighted by atomic mass is 32.2. The van der Waals surface area contributed by atoms with Crippen molar-refractivity contribution in [3.05, 3.63) is 0 Å². The van der Waals surface area contributed by atoms with Crippen molar-refractivity contribution in [2.75, 3.05) is 39.0 Å². The quantitative estimate of drug-likeness (QED) is 0.703. The maximum absolute atomic E-state index is 2.68. The maximum atomic E-state index is 2.68. The Morgan fingerprint density at radius 3 is 3.00 bits per heavy atom. The molecule has 0 aliphatic carbocycles. The van der Waals surface area contributed by atoms with Gasteiger partial charge in [0.15, 0.2) is 0 Å². The van der Waals surface area contributed by atoms with E-state index in [1.165, 1.54) is 45.6 Å². The van der Waals surface area contributed by atoms with Crippen LogP contribution in [0.25, 0.3) is 0 Å². The van der Waals surface area contributed by atoms with Crippen molar-refractivity contribution < 1.29 is 0 Å². The molecule has 2 unspecified atom stereocenters. The summed E-state index contributed by atoms with van der Waals surface area (Å²) >= 11 is 1.99. The Balaban J connectivity index is 1.79. The van der Waals surface area contributed by atoms with E-state index in [1.807, 2.05) is 11.8 Å². The van der Waals surface area contributed by atoms with E-state index in [0.717, 1.165) is 11.3 Å². The molecule has 82 valence electrons. The smallest absolute Gasteiger partial charge is 0.0224 e. The lowest BCUT2D eigenvalue weighted by Gasteiger charge is -2.38. The lowest BCUT2D eigenvalue weighted by molar-refractivity contribution is 0.106. The molecule has 0 saturated carbocycles. The zero-order valence-electron chi connectivity index (χ0n) is 9.41. The van der Waals surface area contributed by atoms with Gasteiger partial charge in [-0.05, 0) is 25.6 Å². The lowest BCUT2D eigenvalue weighted by Crippen LogP contribution is -2.51. The van der Waals surface area contributed by atoms with Crippen molar-refractivity contribution in [3.63, 3.8) is 0 Å². The van der Waals surface area contributed by atoms with Gasteiger partial charge in [0.05, 0.1) is 0 Å². The van der Waals surface area contributed by atoms with Crippen LogP contribution < -0.4 is 0 Å². The van der Waals surface area contributed by atoms with Gasteiger partial charge in [0.1, 0.15) is 0 Å². The molecule has 2 aliphatic rings. The Morgan fingerprint density at radius 1 is 1.36 bits per heavy atom. The van der Waals surface area contributed by atoms with Crippen molar-refractivity contribution in [3.8, 4) is 0 Å². The highest BCUT2D eigenvalue weighted by molar-refractivity contribution is 7.99. The lowest BCUT2D eigenvalue weighted by atomic mass is 10.1. The van der Waals surface area contributed by atoms with Crippen molar-refractivity contribution in [2.45, 2.75) is 31.1 Å². The minimum atomic E-state index is 0.794. The largest absolute Gasteiger partial charge is 0.299 e. The van der Waals surface area contributed by atoms with E-state index in [0.29, 0.717) is 0 Å². The summed E-state index contributed by atoms with van der Waals surface area (Å²) in [6, 6.07) is 0.887. The molecule has 2 fully saturated rings. The van der Waals surface area contributed by atoms with Crippen LogP contribution in [0.2, 0.25) is 0 Å². The first-order valence-corrected chi connectivity index (χ1v) is 7.07. The molecule has 2 aliphatic heterocycles. The second-order valence-electron chi connectivity index (χ2n) is 4.64. The fraction of sp³-hybridized carbons (Fsp3) is 1.00. The summed E-state index contributed by atoms with van der Waals surface area (Å²) in [4.78, 5) is 5.34. The Morgan fingerprint density at radius 2 is 2.21 bits per heavy atom. The van der Waals surface area contributed by atoms with Crippen LogP contribution in [0.3, 0.4) is 0 Å². The minimum absolute atomic E-state index is 0.794. The van der Waals surface area contributed by atoms with Crippen LogP contribution >= 0.6 is 11.8 Å². The molecule has 2 saturated heterocycles. The van der Waals surface area contributed by atoms with Crippen LogP contribution in [0.4, 0.5) is 0 Å². The Kier molecular flexibility index (Phi) is 3.74. The number of hydrogen-bond donors (Lipinski definition) is 0. The zero-order valence-corrected chi connectivity index (χ0v) is 10.2. The molecule has 0 radical (unpaired) electrons. The molecule has 0 bridgehead atoms. The van der Waals surface area contributed by atoms with Gasteiger partial charge in [0, 0.05) is 37.5 Å². The predicted molar refractivity (Wildman–Crippen MR) is 64.0 cm³/mol. The number of fused-ring (bicyclic) bond motifs is 1. The van der Waals surface area contributed by atoms with E-state index in [9.17, 15) is 0 Å². The van der Waals surface area contributed by atoms with Gasteiger partial charge in [0.2, 0.25) is 0 Å². The number of thioether (sulfide) groups is 1. The van der Waals surface area contributed by atoms with Gasteiger partial charge in [-0.1, -0.05) is 6.92 Å². The van der Waals surface area contributed by atoms with Gasteiger partial charge >= 0.3 is 0 Å². The normalized spacial score (nSPS) is 31.7. The number of nitrogens with zero attached hydrogens (tertiary/aromatic N) is 2. The SMILES string of the molecule is CSC(C)CN1CCN2CCCC2C1. The Hall–Kier alpha value is 0.270. The van der Waals surface area contributed by atoms with Gasteiger partial charge in [0.25, 0.3) is 0 Å². The fourth-order valence-corrected chi connectivity index (χ4v) is 3.02. The third-order valence-electron chi connectivity index (χ3n) is 3.59. The van der Waals surface area contributed by atoms with E-state index in [-0.39, 0.29) is 0 Å². The molecule has 3 heteroatoms. The van der Waals surface area contributed by atoms with E-state index in [2.05, 4.69) is 23.0 Å². The first-order chi connectivity index (χ1) is 6.79. The van der Waals surface area contributed by atoms with Crippen LogP contribution in [0.15, 0.2) is 0 Å². The molecule has 0 aromatic rings. The molecule has 0 spiro atoms. The number of rotatable bonds is 3. The summed E-state index contributed by atoms with van der Waals surface area (Å²) in [5.41, 5.74) is 0. The summed E-state index contributed by atoms with van der Waals surface area (Å²) in [5, 5.41) is 0.794. The molecule has 2 heterocycles. The van der Waals surface area contributed by atoms with Crippen molar-refractivity contribution >= 4 is 11.8 Å². The van der Waals surface area contributed by atoms with Gasteiger partial charge in [-0.2, -0.15) is 11.8 Å². The Bertz CT molecular complexity index is 186. The second kappa shape index (κ2) is 4.86. The summed E-state index contributed by atoms with van der Waals surface area (Å²) in [6.07, 6.45) is 5.08. The predicted octanol–water partition coefficient (Wildman–Crippen LogP) is 1.52. The topological polar surface area (TPSA) is 6.48 Å². The Labute approximate surface area is 92.0 Å². The summed E-state index contributed by atoms with van der Waals surface area (Å²) in [5.74, 6) is 0. The summed E-state index contributed by atoms with van der Waals surface area (Å²) in [7, 11) is 0. The highest BCUT2D eigenvalue weighted by Crippen LogP contribution is 2.22. The fourth-order valence-electron chi connectivity index (χ4n) is 2.66. The zero-order chi connectivity index (χ0) is 9.97. The third kappa shape index (κ3) is 2.44. The molecule has 0 aromatic heterocycles.